The number of benzene rings is 2. The third kappa shape index (κ3) is 4.91. The van der Waals surface area contributed by atoms with Gasteiger partial charge in [0.15, 0.2) is 0 Å². The Hall–Kier alpha value is -4.26. The van der Waals surface area contributed by atoms with Crippen LogP contribution < -0.4 is 10.6 Å². The lowest BCUT2D eigenvalue weighted by Crippen LogP contribution is -2.30. The number of carbonyl (C=O) groups excluding carboxylic acids is 1. The van der Waals surface area contributed by atoms with Crippen molar-refractivity contribution in [2.24, 2.45) is 0 Å². The van der Waals surface area contributed by atoms with Gasteiger partial charge in [-0.1, -0.05) is 24.3 Å². The van der Waals surface area contributed by atoms with Crippen LogP contribution in [0.1, 0.15) is 68.1 Å². The van der Waals surface area contributed by atoms with Gasteiger partial charge in [0.1, 0.15) is 17.6 Å². The lowest BCUT2D eigenvalue weighted by molar-refractivity contribution is -0.137. The van der Waals surface area contributed by atoms with Gasteiger partial charge in [-0.05, 0) is 55.2 Å². The number of hydrogen-bond donors (Lipinski definition) is 3. The van der Waals surface area contributed by atoms with Crippen LogP contribution in [0.15, 0.2) is 48.5 Å². The molecule has 0 radical (unpaired) electrons. The number of amides is 1. The molecule has 3 N–H and O–H groups in total. The topological polar surface area (TPSA) is 107 Å². The maximum atomic E-state index is 13.5. The van der Waals surface area contributed by atoms with E-state index < -0.39 is 29.7 Å². The fourth-order valence-corrected chi connectivity index (χ4v) is 4.39. The minimum Gasteiger partial charge on any atom is -0.478 e. The molecule has 0 bridgehead atoms. The maximum Gasteiger partial charge on any atom is 0.416 e. The Bertz CT molecular complexity index is 1350. The van der Waals surface area contributed by atoms with Crippen molar-refractivity contribution >= 4 is 17.7 Å². The number of fused-ring (bicyclic) bond motifs is 1. The summed E-state index contributed by atoms with van der Waals surface area (Å²) in [6.45, 7) is 2.29. The number of nitrogens with one attached hydrogen (secondary N) is 2. The summed E-state index contributed by atoms with van der Waals surface area (Å²) < 4.78 is 41.4. The van der Waals surface area contributed by atoms with Crippen LogP contribution in [0.3, 0.4) is 0 Å². The summed E-state index contributed by atoms with van der Waals surface area (Å²) in [6, 6.07) is 12.5. The summed E-state index contributed by atoms with van der Waals surface area (Å²) in [6.07, 6.45) is -3.19. The highest BCUT2D eigenvalue weighted by atomic mass is 19.4. The Balaban J connectivity index is 1.70. The van der Waals surface area contributed by atoms with Crippen LogP contribution >= 0.6 is 0 Å². The van der Waals surface area contributed by atoms with Crippen molar-refractivity contribution < 1.29 is 27.9 Å². The number of nitriles is 1. The number of aromatic nitrogens is 1. The second-order valence-corrected chi connectivity index (χ2v) is 8.60. The number of halogens is 3. The van der Waals surface area contributed by atoms with Crippen molar-refractivity contribution in [3.05, 3.63) is 87.6 Å². The smallest absolute Gasteiger partial charge is 0.416 e. The lowest BCUT2D eigenvalue weighted by atomic mass is 10.0. The third-order valence-corrected chi connectivity index (χ3v) is 6.19. The molecular weight excluding hydrogens is 473 g/mol. The van der Waals surface area contributed by atoms with Crippen LogP contribution in [-0.4, -0.2) is 28.1 Å². The fourth-order valence-electron chi connectivity index (χ4n) is 4.39. The van der Waals surface area contributed by atoms with Crippen LogP contribution in [0.4, 0.5) is 19.0 Å². The molecular formula is C26H23F3N4O3. The van der Waals surface area contributed by atoms with E-state index in [1.165, 1.54) is 18.2 Å². The zero-order chi connectivity index (χ0) is 26.0. The van der Waals surface area contributed by atoms with Crippen molar-refractivity contribution in [2.45, 2.75) is 38.5 Å². The van der Waals surface area contributed by atoms with Gasteiger partial charge in [-0.3, -0.25) is 4.79 Å². The molecule has 1 unspecified atom stereocenters. The fraction of sp³-hybridized carbons (Fsp3) is 0.269. The Morgan fingerprint density at radius 1 is 1.22 bits per heavy atom. The molecule has 2 aromatic carbocycles. The van der Waals surface area contributed by atoms with Gasteiger partial charge in [0.2, 0.25) is 0 Å². The molecule has 0 aliphatic carbocycles. The van der Waals surface area contributed by atoms with E-state index >= 15 is 0 Å². The van der Waals surface area contributed by atoms with Crippen LogP contribution in [-0.2, 0) is 19.1 Å². The number of anilines is 1. The summed E-state index contributed by atoms with van der Waals surface area (Å²) in [7, 11) is 0. The number of carboxylic acids is 1. The first-order chi connectivity index (χ1) is 17.1. The number of aromatic carboxylic acids is 1. The molecule has 1 atom stereocenters. The molecule has 1 aromatic heterocycles. The molecule has 3 aromatic rings. The zero-order valence-corrected chi connectivity index (χ0v) is 19.3. The molecule has 1 amide bonds. The monoisotopic (exact) mass is 496 g/mol. The first-order valence-electron chi connectivity index (χ1n) is 11.3. The molecule has 1 aliphatic heterocycles. The zero-order valence-electron chi connectivity index (χ0n) is 19.3. The molecule has 36 heavy (non-hydrogen) atoms. The quantitative estimate of drug-likeness (QED) is 0.447. The van der Waals surface area contributed by atoms with E-state index in [-0.39, 0.29) is 23.4 Å². The molecule has 2 heterocycles. The van der Waals surface area contributed by atoms with Gasteiger partial charge in [0, 0.05) is 18.7 Å². The van der Waals surface area contributed by atoms with Gasteiger partial charge in [0.25, 0.3) is 5.91 Å². The van der Waals surface area contributed by atoms with Crippen molar-refractivity contribution in [3.63, 3.8) is 0 Å². The van der Waals surface area contributed by atoms with Crippen molar-refractivity contribution in [1.29, 1.82) is 5.26 Å². The van der Waals surface area contributed by atoms with Crippen molar-refractivity contribution in [2.75, 3.05) is 11.9 Å². The maximum absolute atomic E-state index is 13.5. The highest BCUT2D eigenvalue weighted by Crippen LogP contribution is 2.34. The second kappa shape index (κ2) is 9.77. The third-order valence-electron chi connectivity index (χ3n) is 6.19. The van der Waals surface area contributed by atoms with Gasteiger partial charge < -0.3 is 20.3 Å². The van der Waals surface area contributed by atoms with Crippen LogP contribution in [0.25, 0.3) is 0 Å². The first kappa shape index (κ1) is 24.9. The Kier molecular flexibility index (Phi) is 6.75. The van der Waals surface area contributed by atoms with Crippen molar-refractivity contribution in [1.82, 2.24) is 9.88 Å². The molecule has 0 spiro atoms. The van der Waals surface area contributed by atoms with Gasteiger partial charge in [-0.15, -0.1) is 0 Å². The minimum atomic E-state index is -4.51. The van der Waals surface area contributed by atoms with Crippen LogP contribution in [0, 0.1) is 11.3 Å². The molecule has 1 aliphatic rings. The SMILES string of the molecule is CC(NC(=O)c1c(C#N)c2c(n1Cc1cccc(C(F)(F)F)c1)NCCC2)c1ccc(C(=O)O)cc1. The number of alkyl halides is 3. The van der Waals surface area contributed by atoms with E-state index in [2.05, 4.69) is 16.7 Å². The summed E-state index contributed by atoms with van der Waals surface area (Å²) in [5.74, 6) is -1.06. The molecule has 7 nitrogen and oxygen atoms in total. The molecule has 4 rings (SSSR count). The largest absolute Gasteiger partial charge is 0.478 e. The molecule has 0 fully saturated rings. The Morgan fingerprint density at radius 3 is 2.58 bits per heavy atom. The predicted molar refractivity (Wildman–Crippen MR) is 126 cm³/mol. The highest BCUT2D eigenvalue weighted by Gasteiger charge is 2.32. The standard InChI is InChI=1S/C26H23F3N4O3/c1-15(17-7-9-18(10-8-17)25(35)36)32-24(34)22-21(13-30)20-6-3-11-31-23(20)33(22)14-16-4-2-5-19(12-16)26(27,28)29/h2,4-5,7-10,12,15,31H,3,6,11,14H2,1H3,(H,32,34)(H,35,36). The molecule has 0 saturated carbocycles. The van der Waals surface area contributed by atoms with E-state index in [0.29, 0.717) is 35.5 Å². The number of carboxylic acid groups (broad SMARTS) is 1. The van der Waals surface area contributed by atoms with Gasteiger partial charge in [0.05, 0.1) is 22.7 Å². The molecule has 0 saturated heterocycles. The molecule has 10 heteroatoms. The van der Waals surface area contributed by atoms with E-state index in [1.807, 2.05) is 0 Å². The van der Waals surface area contributed by atoms with E-state index in [4.69, 9.17) is 5.11 Å². The summed E-state index contributed by atoms with van der Waals surface area (Å²) in [5, 5.41) is 25.0. The first-order valence-corrected chi connectivity index (χ1v) is 11.3. The lowest BCUT2D eigenvalue weighted by Gasteiger charge is -2.20. The molecule has 186 valence electrons. The number of rotatable bonds is 6. The predicted octanol–water partition coefficient (Wildman–Crippen LogP) is 4.97. The minimum absolute atomic E-state index is 0.0363. The van der Waals surface area contributed by atoms with Gasteiger partial charge >= 0.3 is 12.1 Å². The average molecular weight is 496 g/mol. The Morgan fingerprint density at radius 2 is 1.94 bits per heavy atom. The number of nitrogens with zero attached hydrogens (tertiary/aromatic N) is 2. The number of carbonyl (C=O) groups is 2. The second-order valence-electron chi connectivity index (χ2n) is 8.60. The number of hydrogen-bond acceptors (Lipinski definition) is 4. The summed E-state index contributed by atoms with van der Waals surface area (Å²) in [4.78, 5) is 24.6. The highest BCUT2D eigenvalue weighted by molar-refractivity contribution is 5.97. The van der Waals surface area contributed by atoms with Crippen LogP contribution in [0.2, 0.25) is 0 Å². The van der Waals surface area contributed by atoms with Gasteiger partial charge in [-0.25, -0.2) is 4.79 Å². The van der Waals surface area contributed by atoms with E-state index in [9.17, 15) is 28.0 Å². The summed E-state index contributed by atoms with van der Waals surface area (Å²) in [5.41, 5.74) is 1.24. The van der Waals surface area contributed by atoms with E-state index in [1.54, 1.807) is 29.7 Å². The van der Waals surface area contributed by atoms with Gasteiger partial charge in [-0.2, -0.15) is 18.4 Å². The Labute approximate surface area is 205 Å². The normalized spacial score (nSPS) is 13.8. The van der Waals surface area contributed by atoms with Crippen LogP contribution in [0.5, 0.6) is 0 Å². The summed E-state index contributed by atoms with van der Waals surface area (Å²) >= 11 is 0. The van der Waals surface area contributed by atoms with Crippen molar-refractivity contribution in [3.8, 4) is 6.07 Å². The average Bonchev–Trinajstić information content (AvgIpc) is 3.17. The van der Waals surface area contributed by atoms with E-state index in [0.717, 1.165) is 18.6 Å².